The molecule has 1 spiro atoms. The third kappa shape index (κ3) is 4.51. The summed E-state index contributed by atoms with van der Waals surface area (Å²) in [6, 6.07) is 15.7. The van der Waals surface area contributed by atoms with Crippen LogP contribution in [0.2, 0.25) is 0 Å². The van der Waals surface area contributed by atoms with Crippen molar-refractivity contribution in [3.8, 4) is 22.8 Å². The quantitative estimate of drug-likeness (QED) is 0.293. The third-order valence-electron chi connectivity index (χ3n) is 7.65. The van der Waals surface area contributed by atoms with Crippen LogP contribution in [0.25, 0.3) is 11.3 Å². The van der Waals surface area contributed by atoms with Crippen molar-refractivity contribution < 1.29 is 9.53 Å². The van der Waals surface area contributed by atoms with E-state index in [-0.39, 0.29) is 17.4 Å². The molecule has 1 saturated heterocycles. The van der Waals surface area contributed by atoms with Crippen molar-refractivity contribution in [2.45, 2.75) is 32.4 Å². The first-order chi connectivity index (χ1) is 17.8. The van der Waals surface area contributed by atoms with E-state index in [4.69, 9.17) is 10.1 Å². The summed E-state index contributed by atoms with van der Waals surface area (Å²) in [5.74, 6) is 1.30. The molecular formula is C30H33N5O2. The van der Waals surface area contributed by atoms with Crippen LogP contribution < -0.4 is 15.4 Å². The minimum atomic E-state index is -0.0303. The van der Waals surface area contributed by atoms with Crippen LogP contribution in [0.3, 0.4) is 0 Å². The van der Waals surface area contributed by atoms with Crippen LogP contribution in [0.4, 0.5) is 5.69 Å². The number of carbonyl (C=O) groups excluding carboxylic acids is 1. The molecule has 5 rings (SSSR count). The number of likely N-dealkylation sites (N-methyl/N-ethyl adjacent to an activating group) is 1. The minimum Gasteiger partial charge on any atom is -0.457 e. The Labute approximate surface area is 218 Å². The standard InChI is InChI=1S/C30H33N5O2/c1-6-28-30(17-35(28)5)16-27(30)34-29(36)23-9-7-20(13-18(23)2)25-14-22(11-12-33-25)37-21-8-10-24(19(3)31)26(15-21)32-4/h6-15,27-28,31-32H,1,16-17H2,2-5H3,(H,34,36). The maximum absolute atomic E-state index is 13.0. The first kappa shape index (κ1) is 24.7. The van der Waals surface area contributed by atoms with E-state index in [0.717, 1.165) is 41.0 Å². The molecular weight excluding hydrogens is 462 g/mol. The molecule has 1 aliphatic heterocycles. The number of pyridine rings is 1. The van der Waals surface area contributed by atoms with E-state index in [0.29, 0.717) is 28.8 Å². The van der Waals surface area contributed by atoms with Gasteiger partial charge in [0.25, 0.3) is 5.91 Å². The Morgan fingerprint density at radius 2 is 1.95 bits per heavy atom. The van der Waals surface area contributed by atoms with Gasteiger partial charge in [0.2, 0.25) is 0 Å². The molecule has 3 atom stereocenters. The number of nitrogens with one attached hydrogen (secondary N) is 3. The van der Waals surface area contributed by atoms with Gasteiger partial charge in [0.1, 0.15) is 11.5 Å². The van der Waals surface area contributed by atoms with Crippen molar-refractivity contribution in [3.05, 3.63) is 84.1 Å². The van der Waals surface area contributed by atoms with Gasteiger partial charge in [-0.3, -0.25) is 14.7 Å². The number of carbonyl (C=O) groups is 1. The van der Waals surface area contributed by atoms with Crippen molar-refractivity contribution in [2.75, 3.05) is 26.0 Å². The number of hydrogen-bond donors (Lipinski definition) is 3. The number of aryl methyl sites for hydroxylation is 1. The number of nitrogens with zero attached hydrogens (tertiary/aromatic N) is 2. The highest BCUT2D eigenvalue weighted by molar-refractivity contribution is 6.01. The van der Waals surface area contributed by atoms with Gasteiger partial charge in [-0.1, -0.05) is 12.1 Å². The zero-order valence-corrected chi connectivity index (χ0v) is 21.8. The first-order valence-electron chi connectivity index (χ1n) is 12.5. The molecule has 2 aliphatic rings. The Morgan fingerprint density at radius 1 is 1.19 bits per heavy atom. The van der Waals surface area contributed by atoms with Crippen molar-refractivity contribution in [2.24, 2.45) is 5.41 Å². The average Bonchev–Trinajstić information content (AvgIpc) is 3.58. The van der Waals surface area contributed by atoms with Gasteiger partial charge >= 0.3 is 0 Å². The lowest BCUT2D eigenvalue weighted by molar-refractivity contribution is 0.0465. The minimum absolute atomic E-state index is 0.0303. The number of aromatic nitrogens is 1. The molecule has 7 heteroatoms. The molecule has 3 aromatic rings. The second-order valence-electron chi connectivity index (χ2n) is 10.1. The van der Waals surface area contributed by atoms with E-state index in [1.807, 2.05) is 68.6 Å². The fraction of sp³-hybridized carbons (Fsp3) is 0.300. The van der Waals surface area contributed by atoms with Gasteiger partial charge in [0.15, 0.2) is 0 Å². The molecule has 3 N–H and O–H groups in total. The fourth-order valence-electron chi connectivity index (χ4n) is 5.62. The molecule has 37 heavy (non-hydrogen) atoms. The number of hydrogen-bond acceptors (Lipinski definition) is 6. The second kappa shape index (κ2) is 9.48. The normalized spacial score (nSPS) is 22.2. The van der Waals surface area contributed by atoms with Crippen LogP contribution in [0.5, 0.6) is 11.5 Å². The van der Waals surface area contributed by atoms with Crippen molar-refractivity contribution in [1.82, 2.24) is 15.2 Å². The predicted octanol–water partition coefficient (Wildman–Crippen LogP) is 5.27. The predicted molar refractivity (Wildman–Crippen MR) is 148 cm³/mol. The lowest BCUT2D eigenvalue weighted by Gasteiger charge is -2.46. The van der Waals surface area contributed by atoms with Crippen LogP contribution in [-0.2, 0) is 0 Å². The molecule has 0 radical (unpaired) electrons. The maximum Gasteiger partial charge on any atom is 0.251 e. The number of rotatable bonds is 8. The number of benzene rings is 2. The second-order valence-corrected chi connectivity index (χ2v) is 10.1. The van der Waals surface area contributed by atoms with Crippen LogP contribution in [0, 0.1) is 17.7 Å². The highest BCUT2D eigenvalue weighted by Gasteiger charge is 2.66. The fourth-order valence-corrected chi connectivity index (χ4v) is 5.62. The number of ether oxygens (including phenoxy) is 1. The Hall–Kier alpha value is -3.97. The smallest absolute Gasteiger partial charge is 0.251 e. The van der Waals surface area contributed by atoms with Crippen LogP contribution >= 0.6 is 0 Å². The summed E-state index contributed by atoms with van der Waals surface area (Å²) in [5, 5.41) is 14.3. The largest absolute Gasteiger partial charge is 0.457 e. The summed E-state index contributed by atoms with van der Waals surface area (Å²) in [6.07, 6.45) is 4.72. The molecule has 7 nitrogen and oxygen atoms in total. The summed E-state index contributed by atoms with van der Waals surface area (Å²) in [7, 11) is 3.93. The van der Waals surface area contributed by atoms with E-state index >= 15 is 0 Å². The molecule has 1 saturated carbocycles. The Bertz CT molecular complexity index is 1400. The molecule has 3 unspecified atom stereocenters. The van der Waals surface area contributed by atoms with Crippen LogP contribution in [0.1, 0.15) is 34.8 Å². The van der Waals surface area contributed by atoms with E-state index in [2.05, 4.69) is 34.1 Å². The molecule has 1 aliphatic carbocycles. The van der Waals surface area contributed by atoms with E-state index < -0.39 is 0 Å². The van der Waals surface area contributed by atoms with Crippen molar-refractivity contribution >= 4 is 17.3 Å². The van der Waals surface area contributed by atoms with Crippen molar-refractivity contribution in [1.29, 1.82) is 5.41 Å². The van der Waals surface area contributed by atoms with E-state index in [9.17, 15) is 4.79 Å². The Morgan fingerprint density at radius 3 is 2.62 bits per heavy atom. The average molecular weight is 496 g/mol. The van der Waals surface area contributed by atoms with Crippen LogP contribution in [0.15, 0.2) is 67.4 Å². The lowest BCUT2D eigenvalue weighted by Crippen LogP contribution is -2.57. The van der Waals surface area contributed by atoms with E-state index in [1.165, 1.54) is 0 Å². The van der Waals surface area contributed by atoms with Gasteiger partial charge in [0, 0.05) is 77.5 Å². The summed E-state index contributed by atoms with van der Waals surface area (Å²) < 4.78 is 6.10. The highest BCUT2D eigenvalue weighted by atomic mass is 16.5. The van der Waals surface area contributed by atoms with Gasteiger partial charge in [-0.2, -0.15) is 0 Å². The monoisotopic (exact) mass is 495 g/mol. The summed E-state index contributed by atoms with van der Waals surface area (Å²) in [6.45, 7) is 8.68. The van der Waals surface area contributed by atoms with E-state index in [1.54, 1.807) is 13.1 Å². The number of likely N-dealkylation sites (tertiary alicyclic amines) is 1. The third-order valence-corrected chi connectivity index (χ3v) is 7.65. The number of amides is 1. The molecule has 0 bridgehead atoms. The summed E-state index contributed by atoms with van der Waals surface area (Å²) in [5.41, 5.74) is 5.59. The maximum atomic E-state index is 13.0. The SMILES string of the molecule is C=CC1N(C)CC12CC2NC(=O)c1ccc(-c2cc(Oc3ccc(C(C)=N)c(NC)c3)ccn2)cc1C. The van der Waals surface area contributed by atoms with Gasteiger partial charge in [-0.25, -0.2) is 0 Å². The molecule has 190 valence electrons. The zero-order chi connectivity index (χ0) is 26.3. The van der Waals surface area contributed by atoms with Gasteiger partial charge in [0.05, 0.1) is 5.69 Å². The molecule has 2 fully saturated rings. The van der Waals surface area contributed by atoms with Crippen molar-refractivity contribution in [3.63, 3.8) is 0 Å². The Kier molecular flexibility index (Phi) is 6.33. The van der Waals surface area contributed by atoms with Gasteiger partial charge in [-0.05, 0) is 63.2 Å². The number of anilines is 1. The van der Waals surface area contributed by atoms with Crippen LogP contribution in [-0.4, -0.2) is 54.2 Å². The first-order valence-corrected chi connectivity index (χ1v) is 12.5. The highest BCUT2D eigenvalue weighted by Crippen LogP contribution is 2.57. The lowest BCUT2D eigenvalue weighted by atomic mass is 9.85. The summed E-state index contributed by atoms with van der Waals surface area (Å²) >= 11 is 0. The molecule has 2 aromatic carbocycles. The Balaban J connectivity index is 1.29. The topological polar surface area (TPSA) is 90.3 Å². The molecule has 1 amide bonds. The summed E-state index contributed by atoms with van der Waals surface area (Å²) in [4.78, 5) is 19.8. The molecule has 2 heterocycles. The van der Waals surface area contributed by atoms with Gasteiger partial charge < -0.3 is 20.8 Å². The molecule has 1 aromatic heterocycles. The zero-order valence-electron chi connectivity index (χ0n) is 21.8. The van der Waals surface area contributed by atoms with Gasteiger partial charge in [-0.15, -0.1) is 6.58 Å².